The highest BCUT2D eigenvalue weighted by Crippen LogP contribution is 2.29. The van der Waals surface area contributed by atoms with Gasteiger partial charge in [-0.25, -0.2) is 0 Å². The molecule has 6 nitrogen and oxygen atoms in total. The second kappa shape index (κ2) is 9.29. The number of carbonyl (C=O) groups excluding carboxylic acids is 1. The van der Waals surface area contributed by atoms with Crippen LogP contribution in [0.3, 0.4) is 0 Å². The van der Waals surface area contributed by atoms with Crippen molar-refractivity contribution in [1.82, 2.24) is 9.78 Å². The number of hydrogen-bond donors (Lipinski definition) is 1. The van der Waals surface area contributed by atoms with Crippen LogP contribution >= 0.6 is 11.6 Å². The van der Waals surface area contributed by atoms with E-state index in [9.17, 15) is 4.79 Å². The first kappa shape index (κ1) is 19.8. The summed E-state index contributed by atoms with van der Waals surface area (Å²) in [5.41, 5.74) is 2.16. The molecule has 1 amide bonds. The third kappa shape index (κ3) is 4.79. The Balaban J connectivity index is 2.09. The summed E-state index contributed by atoms with van der Waals surface area (Å²) in [7, 11) is 3.11. The molecule has 0 aliphatic heterocycles. The molecule has 0 atom stereocenters. The number of rotatable bonds is 8. The van der Waals surface area contributed by atoms with E-state index in [-0.39, 0.29) is 5.91 Å². The smallest absolute Gasteiger partial charge is 0.248 e. The fraction of sp³-hybridized carbons (Fsp3) is 0.368. The number of anilines is 1. The van der Waals surface area contributed by atoms with Crippen LogP contribution in [-0.4, -0.2) is 29.9 Å². The van der Waals surface area contributed by atoms with Gasteiger partial charge in [-0.2, -0.15) is 5.10 Å². The summed E-state index contributed by atoms with van der Waals surface area (Å²) in [6.45, 7) is 4.76. The maximum Gasteiger partial charge on any atom is 0.248 e. The van der Waals surface area contributed by atoms with Gasteiger partial charge in [0.1, 0.15) is 5.15 Å². The van der Waals surface area contributed by atoms with Gasteiger partial charge in [0, 0.05) is 29.9 Å². The summed E-state index contributed by atoms with van der Waals surface area (Å²) in [6, 6.07) is 5.18. The van der Waals surface area contributed by atoms with Gasteiger partial charge in [0.2, 0.25) is 5.91 Å². The molecule has 0 bridgehead atoms. The van der Waals surface area contributed by atoms with E-state index in [2.05, 4.69) is 17.3 Å². The molecule has 7 heteroatoms. The van der Waals surface area contributed by atoms with Gasteiger partial charge in [0.05, 0.1) is 19.9 Å². The van der Waals surface area contributed by atoms with Gasteiger partial charge in [0.25, 0.3) is 0 Å². The number of methoxy groups -OCH3 is 2. The molecule has 1 aromatic heterocycles. The lowest BCUT2D eigenvalue weighted by molar-refractivity contribution is -0.111. The van der Waals surface area contributed by atoms with Crippen LogP contribution in [0.25, 0.3) is 6.08 Å². The normalized spacial score (nSPS) is 11.0. The van der Waals surface area contributed by atoms with E-state index in [1.165, 1.54) is 6.08 Å². The number of nitrogens with zero attached hydrogens (tertiary/aromatic N) is 2. The molecule has 0 unspecified atom stereocenters. The molecule has 26 heavy (non-hydrogen) atoms. The molecule has 0 fully saturated rings. The van der Waals surface area contributed by atoms with Gasteiger partial charge in [-0.3, -0.25) is 9.48 Å². The van der Waals surface area contributed by atoms with Crippen LogP contribution in [0.15, 0.2) is 24.3 Å². The van der Waals surface area contributed by atoms with Crippen LogP contribution in [0, 0.1) is 6.92 Å². The number of aryl methyl sites for hydroxylation is 2. The maximum absolute atomic E-state index is 12.2. The van der Waals surface area contributed by atoms with Gasteiger partial charge in [-0.05, 0) is 31.6 Å². The van der Waals surface area contributed by atoms with Crippen molar-refractivity contribution in [2.24, 2.45) is 0 Å². The lowest BCUT2D eigenvalue weighted by Crippen LogP contribution is -2.08. The second-order valence-corrected chi connectivity index (χ2v) is 6.12. The number of ether oxygens (including phenoxy) is 2. The zero-order chi connectivity index (χ0) is 19.1. The van der Waals surface area contributed by atoms with Gasteiger partial charge < -0.3 is 14.8 Å². The van der Waals surface area contributed by atoms with Crippen molar-refractivity contribution in [1.29, 1.82) is 0 Å². The number of aromatic nitrogens is 2. The minimum Gasteiger partial charge on any atom is -0.493 e. The van der Waals surface area contributed by atoms with Gasteiger partial charge >= 0.3 is 0 Å². The molecule has 1 aromatic carbocycles. The number of unbranched alkanes of at least 4 members (excludes halogenated alkanes) is 1. The Kier molecular flexibility index (Phi) is 7.09. The highest BCUT2D eigenvalue weighted by atomic mass is 35.5. The largest absolute Gasteiger partial charge is 0.493 e. The van der Waals surface area contributed by atoms with Crippen LogP contribution in [0.4, 0.5) is 5.69 Å². The number of carbonyl (C=O) groups is 1. The quantitative estimate of drug-likeness (QED) is 0.696. The molecule has 2 aromatic rings. The van der Waals surface area contributed by atoms with Gasteiger partial charge in [0.15, 0.2) is 11.5 Å². The maximum atomic E-state index is 12.2. The lowest BCUT2D eigenvalue weighted by Gasteiger charge is -2.09. The molecule has 0 aliphatic carbocycles. The Morgan fingerprint density at radius 2 is 2.04 bits per heavy atom. The highest BCUT2D eigenvalue weighted by Gasteiger charge is 2.11. The summed E-state index contributed by atoms with van der Waals surface area (Å²) in [4.78, 5) is 12.2. The third-order valence-electron chi connectivity index (χ3n) is 3.89. The zero-order valence-corrected chi connectivity index (χ0v) is 16.3. The Hall–Kier alpha value is -2.47. The molecular formula is C19H24ClN3O3. The number of benzene rings is 1. The summed E-state index contributed by atoms with van der Waals surface area (Å²) in [5.74, 6) is 0.877. The van der Waals surface area contributed by atoms with Crippen molar-refractivity contribution in [3.8, 4) is 11.5 Å². The van der Waals surface area contributed by atoms with Crippen molar-refractivity contribution in [3.63, 3.8) is 0 Å². The lowest BCUT2D eigenvalue weighted by atomic mass is 10.2. The molecule has 0 aliphatic rings. The SMILES string of the molecule is CCCCn1nc(C)c(/C=C/C(=O)Nc2ccc(OC)c(OC)c2)c1Cl. The summed E-state index contributed by atoms with van der Waals surface area (Å²) >= 11 is 6.37. The number of amides is 1. The van der Waals surface area contributed by atoms with E-state index < -0.39 is 0 Å². The van der Waals surface area contributed by atoms with Crippen molar-refractivity contribution in [2.75, 3.05) is 19.5 Å². The van der Waals surface area contributed by atoms with E-state index in [1.54, 1.807) is 43.2 Å². The molecule has 1 N–H and O–H groups in total. The molecule has 0 saturated heterocycles. The first-order valence-electron chi connectivity index (χ1n) is 8.44. The average molecular weight is 378 g/mol. The van der Waals surface area contributed by atoms with Crippen LogP contribution in [0.2, 0.25) is 5.15 Å². The van der Waals surface area contributed by atoms with Crippen LogP contribution < -0.4 is 14.8 Å². The predicted molar refractivity (Wildman–Crippen MR) is 104 cm³/mol. The molecule has 140 valence electrons. The minimum atomic E-state index is -0.269. The summed E-state index contributed by atoms with van der Waals surface area (Å²) < 4.78 is 12.2. The minimum absolute atomic E-state index is 0.269. The molecule has 0 radical (unpaired) electrons. The highest BCUT2D eigenvalue weighted by molar-refractivity contribution is 6.31. The van der Waals surface area contributed by atoms with Gasteiger partial charge in [-0.15, -0.1) is 0 Å². The zero-order valence-electron chi connectivity index (χ0n) is 15.5. The number of hydrogen-bond acceptors (Lipinski definition) is 4. The number of halogens is 1. The van der Waals surface area contributed by atoms with E-state index >= 15 is 0 Å². The Morgan fingerprint density at radius 3 is 2.69 bits per heavy atom. The monoisotopic (exact) mass is 377 g/mol. The van der Waals surface area contributed by atoms with Crippen molar-refractivity contribution in [2.45, 2.75) is 33.2 Å². The Bertz CT molecular complexity index is 800. The molecule has 2 rings (SSSR count). The second-order valence-electron chi connectivity index (χ2n) is 5.76. The van der Waals surface area contributed by atoms with Crippen molar-refractivity contribution in [3.05, 3.63) is 40.7 Å². The molecule has 0 spiro atoms. The summed E-state index contributed by atoms with van der Waals surface area (Å²) in [5, 5.41) is 7.76. The van der Waals surface area contributed by atoms with Crippen LogP contribution in [0.5, 0.6) is 11.5 Å². The fourth-order valence-corrected chi connectivity index (χ4v) is 2.79. The van der Waals surface area contributed by atoms with Crippen molar-refractivity contribution >= 4 is 29.3 Å². The molecular weight excluding hydrogens is 354 g/mol. The first-order chi connectivity index (χ1) is 12.5. The van der Waals surface area contributed by atoms with Crippen LogP contribution in [-0.2, 0) is 11.3 Å². The van der Waals surface area contributed by atoms with E-state index in [0.717, 1.165) is 30.6 Å². The average Bonchev–Trinajstić information content (AvgIpc) is 2.91. The topological polar surface area (TPSA) is 65.4 Å². The van der Waals surface area contributed by atoms with E-state index in [1.807, 2.05) is 6.92 Å². The number of nitrogens with one attached hydrogen (secondary N) is 1. The van der Waals surface area contributed by atoms with Gasteiger partial charge in [-0.1, -0.05) is 24.9 Å². The third-order valence-corrected chi connectivity index (χ3v) is 4.28. The van der Waals surface area contributed by atoms with Crippen LogP contribution in [0.1, 0.15) is 31.0 Å². The first-order valence-corrected chi connectivity index (χ1v) is 8.82. The Labute approximate surface area is 158 Å². The standard InChI is InChI=1S/C19H24ClN3O3/c1-5-6-11-23-19(20)15(13(2)22-23)8-10-18(24)21-14-7-9-16(25-3)17(12-14)26-4/h7-10,12H,5-6,11H2,1-4H3,(H,21,24)/b10-8+. The fourth-order valence-electron chi connectivity index (χ4n) is 2.47. The van der Waals surface area contributed by atoms with E-state index in [4.69, 9.17) is 21.1 Å². The molecule has 1 heterocycles. The Morgan fingerprint density at radius 1 is 1.31 bits per heavy atom. The summed E-state index contributed by atoms with van der Waals surface area (Å²) in [6.07, 6.45) is 5.19. The molecule has 0 saturated carbocycles. The van der Waals surface area contributed by atoms with E-state index in [0.29, 0.717) is 22.3 Å². The predicted octanol–water partition coefficient (Wildman–Crippen LogP) is 4.31. The van der Waals surface area contributed by atoms with Crippen molar-refractivity contribution < 1.29 is 14.3 Å².